The molecule has 0 spiro atoms. The number of methoxy groups -OCH3 is 1. The molecule has 0 unspecified atom stereocenters. The van der Waals surface area contributed by atoms with Gasteiger partial charge in [0.05, 0.1) is 12.8 Å². The number of rotatable bonds is 7. The number of nitrogens with one attached hydrogen (secondary N) is 1. The molecule has 0 bridgehead atoms. The lowest BCUT2D eigenvalue weighted by Gasteiger charge is -2.12. The zero-order valence-corrected chi connectivity index (χ0v) is 11.6. The number of aromatic nitrogens is 1. The van der Waals surface area contributed by atoms with Crippen LogP contribution in [0, 0.1) is 13.8 Å². The van der Waals surface area contributed by atoms with Gasteiger partial charge in [-0.3, -0.25) is 4.98 Å². The minimum absolute atomic E-state index is 0.733. The van der Waals surface area contributed by atoms with E-state index < -0.39 is 0 Å². The minimum Gasteiger partial charge on any atom is -0.496 e. The van der Waals surface area contributed by atoms with Gasteiger partial charge in [-0.05, 0) is 33.2 Å². The van der Waals surface area contributed by atoms with E-state index in [0.29, 0.717) is 0 Å². The van der Waals surface area contributed by atoms with E-state index in [0.717, 1.165) is 54.4 Å². The Morgan fingerprint density at radius 2 is 2.12 bits per heavy atom. The molecule has 1 aromatic heterocycles. The Morgan fingerprint density at radius 1 is 1.35 bits per heavy atom. The van der Waals surface area contributed by atoms with Crippen LogP contribution in [0.1, 0.15) is 29.7 Å². The van der Waals surface area contributed by atoms with Crippen molar-refractivity contribution in [2.24, 2.45) is 0 Å². The molecule has 0 amide bonds. The summed E-state index contributed by atoms with van der Waals surface area (Å²) >= 11 is 5.62. The van der Waals surface area contributed by atoms with Crippen LogP contribution in [0.25, 0.3) is 0 Å². The van der Waals surface area contributed by atoms with E-state index in [4.69, 9.17) is 16.3 Å². The third-order valence-corrected chi connectivity index (χ3v) is 3.05. The van der Waals surface area contributed by atoms with Crippen LogP contribution in [0.3, 0.4) is 0 Å². The van der Waals surface area contributed by atoms with Crippen molar-refractivity contribution in [2.45, 2.75) is 33.2 Å². The fourth-order valence-electron chi connectivity index (χ4n) is 1.80. The molecule has 1 N–H and O–H groups in total. The van der Waals surface area contributed by atoms with Gasteiger partial charge in [0.1, 0.15) is 5.75 Å². The minimum atomic E-state index is 0.733. The third kappa shape index (κ3) is 4.17. The van der Waals surface area contributed by atoms with E-state index in [2.05, 4.69) is 17.2 Å². The van der Waals surface area contributed by atoms with Gasteiger partial charge in [-0.1, -0.05) is 0 Å². The number of hydrogen-bond donors (Lipinski definition) is 1. The molecule has 17 heavy (non-hydrogen) atoms. The second kappa shape index (κ2) is 7.51. The molecule has 1 rings (SSSR count). The van der Waals surface area contributed by atoms with Crippen LogP contribution in [0.4, 0.5) is 0 Å². The van der Waals surface area contributed by atoms with Crippen molar-refractivity contribution in [3.8, 4) is 5.75 Å². The molecule has 4 heteroatoms. The summed E-state index contributed by atoms with van der Waals surface area (Å²) in [7, 11) is 1.70. The maximum absolute atomic E-state index is 5.62. The van der Waals surface area contributed by atoms with Crippen LogP contribution in [-0.4, -0.2) is 24.5 Å². The van der Waals surface area contributed by atoms with E-state index in [1.165, 1.54) is 0 Å². The fourth-order valence-corrected chi connectivity index (χ4v) is 1.99. The predicted molar refractivity (Wildman–Crippen MR) is 71.9 cm³/mol. The number of nitrogens with zero attached hydrogens (tertiary/aromatic N) is 1. The van der Waals surface area contributed by atoms with Crippen LogP contribution in [-0.2, 0) is 6.54 Å². The highest BCUT2D eigenvalue weighted by Crippen LogP contribution is 2.23. The zero-order chi connectivity index (χ0) is 12.7. The highest BCUT2D eigenvalue weighted by molar-refractivity contribution is 6.17. The smallest absolute Gasteiger partial charge is 0.128 e. The summed E-state index contributed by atoms with van der Waals surface area (Å²) in [5.41, 5.74) is 3.26. The Morgan fingerprint density at radius 3 is 2.76 bits per heavy atom. The van der Waals surface area contributed by atoms with Crippen LogP contribution < -0.4 is 10.1 Å². The van der Waals surface area contributed by atoms with E-state index in [-0.39, 0.29) is 0 Å². The first-order chi connectivity index (χ1) is 8.20. The molecule has 0 saturated heterocycles. The Kier molecular flexibility index (Phi) is 6.30. The first kappa shape index (κ1) is 14.3. The first-order valence-electron chi connectivity index (χ1n) is 5.96. The number of hydrogen-bond acceptors (Lipinski definition) is 3. The molecule has 0 aliphatic heterocycles. The Balaban J connectivity index is 2.54. The van der Waals surface area contributed by atoms with Gasteiger partial charge in [0, 0.05) is 29.7 Å². The molecule has 0 atom stereocenters. The number of pyridine rings is 1. The van der Waals surface area contributed by atoms with Gasteiger partial charge < -0.3 is 10.1 Å². The van der Waals surface area contributed by atoms with Crippen molar-refractivity contribution >= 4 is 11.6 Å². The normalized spacial score (nSPS) is 10.6. The maximum atomic E-state index is 5.62. The molecular formula is C13H21ClN2O. The van der Waals surface area contributed by atoms with Gasteiger partial charge in [0.25, 0.3) is 0 Å². The van der Waals surface area contributed by atoms with E-state index in [1.807, 2.05) is 13.1 Å². The van der Waals surface area contributed by atoms with Gasteiger partial charge in [-0.2, -0.15) is 0 Å². The molecular weight excluding hydrogens is 236 g/mol. The molecule has 3 nitrogen and oxygen atoms in total. The average Bonchev–Trinajstić information content (AvgIpc) is 2.32. The summed E-state index contributed by atoms with van der Waals surface area (Å²) in [4.78, 5) is 4.44. The monoisotopic (exact) mass is 256 g/mol. The van der Waals surface area contributed by atoms with Crippen molar-refractivity contribution in [3.63, 3.8) is 0 Å². The number of unbranched alkanes of at least 4 members (excludes halogenated alkanes) is 1. The lowest BCUT2D eigenvalue weighted by atomic mass is 10.1. The molecule has 0 radical (unpaired) electrons. The summed E-state index contributed by atoms with van der Waals surface area (Å²) in [5, 5.41) is 3.37. The van der Waals surface area contributed by atoms with Crippen molar-refractivity contribution < 1.29 is 4.74 Å². The van der Waals surface area contributed by atoms with Gasteiger partial charge in [0.15, 0.2) is 0 Å². The first-order valence-corrected chi connectivity index (χ1v) is 6.50. The second-order valence-electron chi connectivity index (χ2n) is 4.12. The molecule has 0 saturated carbocycles. The van der Waals surface area contributed by atoms with Crippen LogP contribution >= 0.6 is 11.6 Å². The lowest BCUT2D eigenvalue weighted by molar-refractivity contribution is 0.406. The van der Waals surface area contributed by atoms with Crippen LogP contribution in [0.15, 0.2) is 6.20 Å². The van der Waals surface area contributed by atoms with E-state index in [9.17, 15) is 0 Å². The van der Waals surface area contributed by atoms with E-state index >= 15 is 0 Å². The average molecular weight is 257 g/mol. The van der Waals surface area contributed by atoms with Gasteiger partial charge in [-0.25, -0.2) is 0 Å². The predicted octanol–water partition coefficient (Wildman–Crippen LogP) is 2.82. The molecule has 0 aromatic carbocycles. The SMILES string of the molecule is COc1c(C)cnc(CNCCCCCl)c1C. The summed E-state index contributed by atoms with van der Waals surface area (Å²) < 4.78 is 5.38. The summed E-state index contributed by atoms with van der Waals surface area (Å²) in [6.45, 7) is 5.82. The Labute approximate surface area is 109 Å². The molecule has 1 heterocycles. The van der Waals surface area contributed by atoms with Crippen molar-refractivity contribution in [2.75, 3.05) is 19.5 Å². The summed E-state index contributed by atoms with van der Waals surface area (Å²) in [5.74, 6) is 1.68. The topological polar surface area (TPSA) is 34.1 Å². The van der Waals surface area contributed by atoms with Gasteiger partial charge in [-0.15, -0.1) is 11.6 Å². The van der Waals surface area contributed by atoms with E-state index in [1.54, 1.807) is 7.11 Å². The number of aryl methyl sites for hydroxylation is 1. The van der Waals surface area contributed by atoms with Crippen LogP contribution in [0.2, 0.25) is 0 Å². The maximum Gasteiger partial charge on any atom is 0.128 e. The number of halogens is 1. The largest absolute Gasteiger partial charge is 0.496 e. The zero-order valence-electron chi connectivity index (χ0n) is 10.8. The highest BCUT2D eigenvalue weighted by Gasteiger charge is 2.08. The molecule has 1 aromatic rings. The number of ether oxygens (including phenoxy) is 1. The number of alkyl halides is 1. The van der Waals surface area contributed by atoms with Crippen LogP contribution in [0.5, 0.6) is 5.75 Å². The molecule has 0 aliphatic rings. The molecule has 0 fully saturated rings. The van der Waals surface area contributed by atoms with Gasteiger partial charge in [0.2, 0.25) is 0 Å². The summed E-state index contributed by atoms with van der Waals surface area (Å²) in [6.07, 6.45) is 4.02. The van der Waals surface area contributed by atoms with Crippen molar-refractivity contribution in [3.05, 3.63) is 23.0 Å². The summed E-state index contributed by atoms with van der Waals surface area (Å²) in [6, 6.07) is 0. The molecule has 96 valence electrons. The lowest BCUT2D eigenvalue weighted by Crippen LogP contribution is -2.17. The van der Waals surface area contributed by atoms with Gasteiger partial charge >= 0.3 is 0 Å². The highest BCUT2D eigenvalue weighted by atomic mass is 35.5. The van der Waals surface area contributed by atoms with Crippen molar-refractivity contribution in [1.29, 1.82) is 0 Å². The standard InChI is InChI=1S/C13H21ClN2O/c1-10-8-16-12(11(2)13(10)17-3)9-15-7-5-4-6-14/h8,15H,4-7,9H2,1-3H3. The quantitative estimate of drug-likeness (QED) is 0.602. The third-order valence-electron chi connectivity index (χ3n) is 2.78. The Bertz CT molecular complexity index is 356. The fraction of sp³-hybridized carbons (Fsp3) is 0.615. The Hall–Kier alpha value is -0.800. The van der Waals surface area contributed by atoms with Crippen molar-refractivity contribution in [1.82, 2.24) is 10.3 Å². The molecule has 0 aliphatic carbocycles. The second-order valence-corrected chi connectivity index (χ2v) is 4.50.